The van der Waals surface area contributed by atoms with Crippen molar-refractivity contribution in [3.8, 4) is 0 Å². The molecule has 1 aliphatic rings. The van der Waals surface area contributed by atoms with Gasteiger partial charge in [0.1, 0.15) is 11.3 Å². The van der Waals surface area contributed by atoms with Crippen LogP contribution in [0.1, 0.15) is 29.7 Å². The van der Waals surface area contributed by atoms with E-state index in [2.05, 4.69) is 28.7 Å². The average Bonchev–Trinajstić information content (AvgIpc) is 3.05. The molecule has 22 heavy (non-hydrogen) atoms. The van der Waals surface area contributed by atoms with Crippen LogP contribution in [0.25, 0.3) is 10.9 Å². The molecule has 2 heterocycles. The molecule has 1 N–H and O–H groups in total. The number of nitrogens with zero attached hydrogens (tertiary/aromatic N) is 1. The molecule has 110 valence electrons. The van der Waals surface area contributed by atoms with Crippen molar-refractivity contribution in [2.75, 3.05) is 0 Å². The Morgan fingerprint density at radius 1 is 1.05 bits per heavy atom. The lowest BCUT2D eigenvalue weighted by atomic mass is 9.99. The van der Waals surface area contributed by atoms with Crippen LogP contribution in [0.5, 0.6) is 0 Å². The van der Waals surface area contributed by atoms with Crippen molar-refractivity contribution in [3.05, 3.63) is 76.9 Å². The zero-order valence-corrected chi connectivity index (χ0v) is 12.6. The molecule has 3 aromatic rings. The van der Waals surface area contributed by atoms with Crippen molar-refractivity contribution in [1.29, 1.82) is 0 Å². The monoisotopic (exact) mass is 310 g/mol. The number of hydrogen-bond donors (Lipinski definition) is 1. The largest absolute Gasteiger partial charge is 0.293 e. The third kappa shape index (κ3) is 2.48. The summed E-state index contributed by atoms with van der Waals surface area (Å²) in [6.07, 6.45) is 0.749. The van der Waals surface area contributed by atoms with Gasteiger partial charge >= 0.3 is 0 Å². The fraction of sp³-hybridized carbons (Fsp3) is 0.167. The highest BCUT2D eigenvalue weighted by atomic mass is 35.5. The highest BCUT2D eigenvalue weighted by molar-refractivity contribution is 6.30. The van der Waals surface area contributed by atoms with Gasteiger partial charge in [-0.3, -0.25) is 4.84 Å². The lowest BCUT2D eigenvalue weighted by molar-refractivity contribution is 0.0255. The molecule has 0 saturated carbocycles. The molecular formula is C18H15ClN2O. The molecule has 2 atom stereocenters. The fourth-order valence-electron chi connectivity index (χ4n) is 2.89. The number of pyridine rings is 1. The molecule has 2 aromatic carbocycles. The number of benzene rings is 2. The summed E-state index contributed by atoms with van der Waals surface area (Å²) in [5.74, 6) is 0. The molecule has 1 aromatic heterocycles. The quantitative estimate of drug-likeness (QED) is 0.703. The summed E-state index contributed by atoms with van der Waals surface area (Å²) in [5.41, 5.74) is 6.17. The maximum atomic E-state index is 6.36. The van der Waals surface area contributed by atoms with Crippen molar-refractivity contribution in [2.45, 2.75) is 18.6 Å². The topological polar surface area (TPSA) is 34.2 Å². The molecule has 4 rings (SSSR count). The minimum absolute atomic E-state index is 0.0881. The SMILES string of the molecule is Clc1nc2ccccc2cc1C1CC(c2ccccc2)NO1. The first-order valence-corrected chi connectivity index (χ1v) is 7.70. The zero-order chi connectivity index (χ0) is 14.9. The van der Waals surface area contributed by atoms with E-state index in [4.69, 9.17) is 16.4 Å². The minimum atomic E-state index is -0.0881. The second-order valence-corrected chi connectivity index (χ2v) is 5.84. The van der Waals surface area contributed by atoms with Crippen LogP contribution in [-0.4, -0.2) is 4.98 Å². The molecule has 1 aliphatic heterocycles. The fourth-order valence-corrected chi connectivity index (χ4v) is 3.16. The van der Waals surface area contributed by atoms with Crippen molar-refractivity contribution in [1.82, 2.24) is 10.5 Å². The Morgan fingerprint density at radius 2 is 1.82 bits per heavy atom. The van der Waals surface area contributed by atoms with Gasteiger partial charge in [0.15, 0.2) is 0 Å². The molecule has 4 heteroatoms. The molecule has 1 saturated heterocycles. The van der Waals surface area contributed by atoms with E-state index in [0.29, 0.717) is 5.15 Å². The first kappa shape index (κ1) is 13.7. The molecule has 0 bridgehead atoms. The molecule has 0 spiro atoms. The van der Waals surface area contributed by atoms with Gasteiger partial charge in [0, 0.05) is 17.4 Å². The summed E-state index contributed by atoms with van der Waals surface area (Å²) in [6, 6.07) is 20.5. The Morgan fingerprint density at radius 3 is 2.68 bits per heavy atom. The highest BCUT2D eigenvalue weighted by Gasteiger charge is 2.29. The maximum absolute atomic E-state index is 6.36. The predicted octanol–water partition coefficient (Wildman–Crippen LogP) is 4.60. The first-order valence-electron chi connectivity index (χ1n) is 7.32. The summed E-state index contributed by atoms with van der Waals surface area (Å²) in [7, 11) is 0. The number of nitrogens with one attached hydrogen (secondary N) is 1. The van der Waals surface area contributed by atoms with Gasteiger partial charge in [0.2, 0.25) is 0 Å². The number of hydrogen-bond acceptors (Lipinski definition) is 3. The number of rotatable bonds is 2. The van der Waals surface area contributed by atoms with Crippen LogP contribution < -0.4 is 5.48 Å². The third-order valence-electron chi connectivity index (χ3n) is 4.06. The normalized spacial score (nSPS) is 21.3. The zero-order valence-electron chi connectivity index (χ0n) is 11.9. The Kier molecular flexibility index (Phi) is 3.54. The molecule has 2 unspecified atom stereocenters. The van der Waals surface area contributed by atoms with Crippen LogP contribution in [0.2, 0.25) is 5.15 Å². The number of aromatic nitrogens is 1. The van der Waals surface area contributed by atoms with Gasteiger partial charge in [-0.15, -0.1) is 0 Å². The van der Waals surface area contributed by atoms with E-state index >= 15 is 0 Å². The van der Waals surface area contributed by atoms with Gasteiger partial charge in [0.05, 0.1) is 11.6 Å². The molecular weight excluding hydrogens is 296 g/mol. The molecule has 3 nitrogen and oxygen atoms in total. The highest BCUT2D eigenvalue weighted by Crippen LogP contribution is 2.38. The standard InChI is InChI=1S/C18H15ClN2O/c19-18-14(10-13-8-4-5-9-15(13)20-18)17-11-16(21-22-17)12-6-2-1-3-7-12/h1-10,16-17,21H,11H2. The van der Waals surface area contributed by atoms with Crippen LogP contribution >= 0.6 is 11.6 Å². The summed E-state index contributed by atoms with van der Waals surface area (Å²) in [5, 5.41) is 1.59. The van der Waals surface area contributed by atoms with Crippen LogP contribution in [0.4, 0.5) is 0 Å². The molecule has 0 radical (unpaired) electrons. The Labute approximate surface area is 133 Å². The summed E-state index contributed by atoms with van der Waals surface area (Å²) in [4.78, 5) is 10.2. The third-order valence-corrected chi connectivity index (χ3v) is 4.36. The number of para-hydroxylation sites is 1. The van der Waals surface area contributed by atoms with E-state index in [1.54, 1.807) is 0 Å². The van der Waals surface area contributed by atoms with Crippen LogP contribution in [0, 0.1) is 0 Å². The second-order valence-electron chi connectivity index (χ2n) is 5.48. The van der Waals surface area contributed by atoms with Gasteiger partial charge in [0.25, 0.3) is 0 Å². The smallest absolute Gasteiger partial charge is 0.135 e. The van der Waals surface area contributed by atoms with Crippen molar-refractivity contribution in [3.63, 3.8) is 0 Å². The second kappa shape index (κ2) is 5.69. The van der Waals surface area contributed by atoms with E-state index in [0.717, 1.165) is 22.9 Å². The van der Waals surface area contributed by atoms with Gasteiger partial charge in [-0.25, -0.2) is 4.98 Å². The number of halogens is 1. The van der Waals surface area contributed by atoms with E-state index in [9.17, 15) is 0 Å². The predicted molar refractivity (Wildman–Crippen MR) is 87.5 cm³/mol. The average molecular weight is 311 g/mol. The maximum Gasteiger partial charge on any atom is 0.135 e. The van der Waals surface area contributed by atoms with Crippen LogP contribution in [0.3, 0.4) is 0 Å². The summed E-state index contributed by atoms with van der Waals surface area (Å²) in [6.45, 7) is 0. The summed E-state index contributed by atoms with van der Waals surface area (Å²) < 4.78 is 0. The number of hydroxylamine groups is 1. The lowest BCUT2D eigenvalue weighted by Gasteiger charge is -2.11. The van der Waals surface area contributed by atoms with E-state index < -0.39 is 0 Å². The molecule has 1 fully saturated rings. The summed E-state index contributed by atoms with van der Waals surface area (Å²) >= 11 is 6.36. The van der Waals surface area contributed by atoms with Crippen molar-refractivity contribution in [2.24, 2.45) is 0 Å². The van der Waals surface area contributed by atoms with Gasteiger partial charge in [-0.2, -0.15) is 5.48 Å². The Balaban J connectivity index is 1.64. The van der Waals surface area contributed by atoms with Gasteiger partial charge in [-0.1, -0.05) is 60.1 Å². The molecule has 0 amide bonds. The van der Waals surface area contributed by atoms with Crippen LogP contribution in [-0.2, 0) is 4.84 Å². The lowest BCUT2D eigenvalue weighted by Crippen LogP contribution is -2.11. The van der Waals surface area contributed by atoms with Gasteiger partial charge in [-0.05, 0) is 17.7 Å². The number of fused-ring (bicyclic) bond motifs is 1. The minimum Gasteiger partial charge on any atom is -0.293 e. The van der Waals surface area contributed by atoms with Crippen LogP contribution in [0.15, 0.2) is 60.7 Å². The van der Waals surface area contributed by atoms with E-state index in [-0.39, 0.29) is 12.1 Å². The van der Waals surface area contributed by atoms with Crippen molar-refractivity contribution < 1.29 is 4.84 Å². The van der Waals surface area contributed by atoms with Crippen molar-refractivity contribution >= 4 is 22.5 Å². The molecule has 0 aliphatic carbocycles. The first-order chi connectivity index (χ1) is 10.8. The van der Waals surface area contributed by atoms with E-state index in [1.807, 2.05) is 42.5 Å². The Bertz CT molecular complexity index is 807. The van der Waals surface area contributed by atoms with E-state index in [1.165, 1.54) is 5.56 Å². The van der Waals surface area contributed by atoms with Gasteiger partial charge < -0.3 is 0 Å². The Hall–Kier alpha value is -1.94.